The Morgan fingerprint density at radius 1 is 1.09 bits per heavy atom. The van der Waals surface area contributed by atoms with Gasteiger partial charge in [-0.15, -0.1) is 0 Å². The molecule has 0 saturated heterocycles. The van der Waals surface area contributed by atoms with E-state index in [1.807, 2.05) is 24.3 Å². The van der Waals surface area contributed by atoms with Crippen LogP contribution in [-0.2, 0) is 12.5 Å². The van der Waals surface area contributed by atoms with E-state index in [4.69, 9.17) is 4.98 Å². The van der Waals surface area contributed by atoms with Gasteiger partial charge in [0.05, 0.1) is 5.69 Å². The van der Waals surface area contributed by atoms with Gasteiger partial charge in [0, 0.05) is 26.2 Å². The van der Waals surface area contributed by atoms with Crippen molar-refractivity contribution in [3.05, 3.63) is 65.6 Å². The van der Waals surface area contributed by atoms with Crippen molar-refractivity contribution in [3.63, 3.8) is 0 Å². The molecule has 2 radical (unpaired) electrons. The largest absolute Gasteiger partial charge is 0.252 e. The molecule has 0 aliphatic rings. The van der Waals surface area contributed by atoms with Gasteiger partial charge in [-0.1, -0.05) is 37.7 Å². The summed E-state index contributed by atoms with van der Waals surface area (Å²) in [6.07, 6.45) is 0.891. The van der Waals surface area contributed by atoms with E-state index in [0.29, 0.717) is 9.52 Å². The van der Waals surface area contributed by atoms with Crippen molar-refractivity contribution in [1.29, 1.82) is 0 Å². The normalized spacial score (nSPS) is 11.0. The van der Waals surface area contributed by atoms with Crippen molar-refractivity contribution in [3.8, 4) is 11.3 Å². The van der Waals surface area contributed by atoms with E-state index in [2.05, 4.69) is 31.7 Å². The minimum Gasteiger partial charge on any atom is -0.252 e. The smallest absolute Gasteiger partial charge is 0.126 e. The predicted octanol–water partition coefficient (Wildman–Crippen LogP) is 4.86. The van der Waals surface area contributed by atoms with Crippen LogP contribution in [0.4, 0.5) is 4.39 Å². The lowest BCUT2D eigenvalue weighted by atomic mass is 10.0. The number of benzene rings is 2. The summed E-state index contributed by atoms with van der Waals surface area (Å²) in [5, 5.41) is 2.31. The van der Waals surface area contributed by atoms with Gasteiger partial charge in [0.2, 0.25) is 0 Å². The molecular weight excluding hydrogens is 289 g/mol. The van der Waals surface area contributed by atoms with Gasteiger partial charge in [0.1, 0.15) is 5.82 Å². The van der Waals surface area contributed by atoms with Crippen molar-refractivity contribution in [2.75, 3.05) is 0 Å². The van der Waals surface area contributed by atoms with E-state index in [-0.39, 0.29) is 5.82 Å². The maximum atomic E-state index is 13.9. The molecule has 0 unspecified atom stereocenters. The molecule has 0 spiro atoms. The zero-order valence-corrected chi connectivity index (χ0v) is 13.9. The minimum absolute atomic E-state index is 0.117. The Kier molecular flexibility index (Phi) is 4.34. The van der Waals surface area contributed by atoms with Crippen molar-refractivity contribution in [2.24, 2.45) is 0 Å². The molecule has 0 saturated carbocycles. The Bertz CT molecular complexity index is 814. The average Bonchev–Trinajstić information content (AvgIpc) is 2.56. The van der Waals surface area contributed by atoms with Crippen LogP contribution in [0.1, 0.15) is 18.2 Å². The first-order valence-corrected chi connectivity index (χ1v) is 9.25. The van der Waals surface area contributed by atoms with Crippen LogP contribution in [0.5, 0.6) is 0 Å². The lowest BCUT2D eigenvalue weighted by molar-refractivity contribution is 0.617. The molecule has 110 valence electrons. The van der Waals surface area contributed by atoms with Crippen LogP contribution in [0.3, 0.4) is 0 Å². The van der Waals surface area contributed by atoms with Crippen LogP contribution < -0.4 is 0 Å². The summed E-state index contributed by atoms with van der Waals surface area (Å²) >= 11 is 0. The summed E-state index contributed by atoms with van der Waals surface area (Å²) in [6, 6.07) is 16.5. The fourth-order valence-corrected chi connectivity index (χ4v) is 3.36. The number of aromatic nitrogens is 1. The number of rotatable bonds is 4. The van der Waals surface area contributed by atoms with Gasteiger partial charge in [-0.05, 0) is 47.7 Å². The lowest BCUT2D eigenvalue weighted by Gasteiger charge is -2.11. The number of hydrogen-bond acceptors (Lipinski definition) is 1. The average molecular weight is 307 g/mol. The zero-order valence-electron chi connectivity index (χ0n) is 12.9. The molecule has 1 aromatic heterocycles. The number of fused-ring (bicyclic) bond motifs is 1. The van der Waals surface area contributed by atoms with Gasteiger partial charge in [-0.2, -0.15) is 0 Å². The molecule has 3 heteroatoms. The van der Waals surface area contributed by atoms with Crippen molar-refractivity contribution >= 4 is 20.3 Å². The SMILES string of the molecule is CCc1cc2ccccc2c(-c2ccc(F)c(C[Si]C)c2)n1. The van der Waals surface area contributed by atoms with Crippen molar-refractivity contribution in [2.45, 2.75) is 25.9 Å². The predicted molar refractivity (Wildman–Crippen MR) is 91.8 cm³/mol. The fourth-order valence-electron chi connectivity index (χ4n) is 2.70. The summed E-state index contributed by atoms with van der Waals surface area (Å²) < 4.78 is 13.9. The third kappa shape index (κ3) is 2.81. The summed E-state index contributed by atoms with van der Waals surface area (Å²) in [5.41, 5.74) is 3.81. The summed E-state index contributed by atoms with van der Waals surface area (Å²) in [5.74, 6) is -0.117. The van der Waals surface area contributed by atoms with Gasteiger partial charge in [0.15, 0.2) is 0 Å². The highest BCUT2D eigenvalue weighted by molar-refractivity contribution is 6.32. The van der Waals surface area contributed by atoms with Gasteiger partial charge < -0.3 is 0 Å². The zero-order chi connectivity index (χ0) is 15.5. The Balaban J connectivity index is 2.23. The fraction of sp³-hybridized carbons (Fsp3) is 0.211. The first-order valence-electron chi connectivity index (χ1n) is 7.55. The van der Waals surface area contributed by atoms with E-state index in [9.17, 15) is 4.39 Å². The Morgan fingerprint density at radius 2 is 1.91 bits per heavy atom. The summed E-state index contributed by atoms with van der Waals surface area (Å²) in [6.45, 7) is 4.20. The number of nitrogens with zero attached hydrogens (tertiary/aromatic N) is 1. The second-order valence-corrected chi connectivity index (χ2v) is 6.43. The Labute approximate surface area is 133 Å². The molecule has 0 bridgehead atoms. The highest BCUT2D eigenvalue weighted by Gasteiger charge is 2.10. The third-order valence-corrected chi connectivity index (χ3v) is 4.58. The van der Waals surface area contributed by atoms with E-state index < -0.39 is 0 Å². The number of aryl methyl sites for hydroxylation is 1. The van der Waals surface area contributed by atoms with E-state index in [1.165, 1.54) is 5.39 Å². The van der Waals surface area contributed by atoms with Crippen LogP contribution in [-0.4, -0.2) is 14.5 Å². The summed E-state index contributed by atoms with van der Waals surface area (Å²) in [7, 11) is 0.704. The van der Waals surface area contributed by atoms with Crippen LogP contribution in [0, 0.1) is 5.82 Å². The van der Waals surface area contributed by atoms with Crippen LogP contribution in [0.15, 0.2) is 48.5 Å². The first kappa shape index (κ1) is 14.9. The van der Waals surface area contributed by atoms with E-state index in [1.54, 1.807) is 6.07 Å². The molecule has 0 amide bonds. The highest BCUT2D eigenvalue weighted by Crippen LogP contribution is 2.29. The van der Waals surface area contributed by atoms with E-state index >= 15 is 0 Å². The van der Waals surface area contributed by atoms with Crippen LogP contribution in [0.25, 0.3) is 22.0 Å². The van der Waals surface area contributed by atoms with Gasteiger partial charge >= 0.3 is 0 Å². The van der Waals surface area contributed by atoms with Crippen molar-refractivity contribution < 1.29 is 4.39 Å². The second kappa shape index (κ2) is 6.40. The monoisotopic (exact) mass is 307 g/mol. The summed E-state index contributed by atoms with van der Waals surface area (Å²) in [4.78, 5) is 4.80. The maximum Gasteiger partial charge on any atom is 0.126 e. The maximum absolute atomic E-state index is 13.9. The molecule has 1 heterocycles. The van der Waals surface area contributed by atoms with Gasteiger partial charge in [-0.25, -0.2) is 4.39 Å². The molecule has 3 rings (SSSR count). The van der Waals surface area contributed by atoms with Crippen LogP contribution in [0.2, 0.25) is 6.55 Å². The Morgan fingerprint density at radius 3 is 2.68 bits per heavy atom. The van der Waals surface area contributed by atoms with Gasteiger partial charge in [0.25, 0.3) is 0 Å². The molecule has 22 heavy (non-hydrogen) atoms. The van der Waals surface area contributed by atoms with Crippen LogP contribution >= 0.6 is 0 Å². The Hall–Kier alpha value is -2.00. The molecule has 3 aromatic rings. The number of pyridine rings is 1. The molecule has 0 N–H and O–H groups in total. The molecule has 0 fully saturated rings. The minimum atomic E-state index is -0.117. The van der Waals surface area contributed by atoms with E-state index in [0.717, 1.165) is 40.4 Å². The molecule has 0 aliphatic heterocycles. The molecule has 0 aliphatic carbocycles. The number of hydrogen-bond donors (Lipinski definition) is 0. The molecular formula is C19H18FNSi. The van der Waals surface area contributed by atoms with Gasteiger partial charge in [-0.3, -0.25) is 4.98 Å². The first-order chi connectivity index (χ1) is 10.7. The standard InChI is InChI=1S/C19H18FNSi/c1-3-16-11-13-6-4-5-7-17(13)19(21-16)14-8-9-18(20)15(10-14)12-22-2/h4-11H,3,12H2,1-2H3. The lowest BCUT2D eigenvalue weighted by Crippen LogP contribution is -1.98. The number of halogens is 1. The van der Waals surface area contributed by atoms with Crippen molar-refractivity contribution in [1.82, 2.24) is 4.98 Å². The molecule has 2 aromatic carbocycles. The second-order valence-electron chi connectivity index (χ2n) is 5.37. The third-order valence-electron chi connectivity index (χ3n) is 3.84. The molecule has 0 atom stereocenters. The topological polar surface area (TPSA) is 12.9 Å². The molecule has 1 nitrogen and oxygen atoms in total. The highest BCUT2D eigenvalue weighted by atomic mass is 28.2. The quantitative estimate of drug-likeness (QED) is 0.628.